The van der Waals surface area contributed by atoms with Crippen molar-refractivity contribution in [3.8, 4) is 0 Å². The molecule has 5 heteroatoms. The lowest BCUT2D eigenvalue weighted by molar-refractivity contribution is -0.373. The van der Waals surface area contributed by atoms with Gasteiger partial charge in [0.1, 0.15) is 0 Å². The van der Waals surface area contributed by atoms with Gasteiger partial charge in [-0.2, -0.15) is 0 Å². The molecule has 4 aliphatic carbocycles. The Bertz CT molecular complexity index is 898. The molecule has 0 aromatic carbocycles. The molecule has 6 aliphatic rings. The Labute approximate surface area is 188 Å². The quantitative estimate of drug-likeness (QED) is 0.417. The minimum Gasteiger partial charge on any atom is -0.390 e. The van der Waals surface area contributed by atoms with Gasteiger partial charge in [0.05, 0.1) is 11.7 Å². The van der Waals surface area contributed by atoms with Crippen LogP contribution in [0.25, 0.3) is 0 Å². The van der Waals surface area contributed by atoms with Gasteiger partial charge in [0.2, 0.25) is 0 Å². The zero-order valence-electron chi connectivity index (χ0n) is 20.8. The van der Waals surface area contributed by atoms with Crippen LogP contribution in [0.4, 0.5) is 0 Å². The first-order valence-corrected chi connectivity index (χ1v) is 15.0. The highest BCUT2D eigenvalue weighted by Gasteiger charge is 2.78. The molecule has 1 unspecified atom stereocenters. The smallest absolute Gasteiger partial charge is 0.195 e. The lowest BCUT2D eigenvalue weighted by Crippen LogP contribution is -2.74. The molecule has 172 valence electrons. The molecule has 0 spiro atoms. The van der Waals surface area contributed by atoms with Crippen molar-refractivity contribution in [1.29, 1.82) is 0 Å². The summed E-state index contributed by atoms with van der Waals surface area (Å²) in [6.45, 7) is 18.3. The van der Waals surface area contributed by atoms with E-state index in [1.165, 1.54) is 5.57 Å². The van der Waals surface area contributed by atoms with E-state index in [0.29, 0.717) is 12.3 Å². The molecule has 2 saturated carbocycles. The molecule has 8 atom stereocenters. The highest BCUT2D eigenvalue weighted by Crippen LogP contribution is 2.74. The molecule has 4 fully saturated rings. The summed E-state index contributed by atoms with van der Waals surface area (Å²) < 4.78 is 20.7. The number of hydrogen-bond acceptors (Lipinski definition) is 4. The van der Waals surface area contributed by atoms with Gasteiger partial charge in [0.15, 0.2) is 19.9 Å². The lowest BCUT2D eigenvalue weighted by atomic mass is 9.48. The average Bonchev–Trinajstić information content (AvgIpc) is 2.95. The van der Waals surface area contributed by atoms with E-state index in [4.69, 9.17) is 13.9 Å². The Morgan fingerprint density at radius 2 is 1.84 bits per heavy atom. The maximum atomic E-state index is 13.4. The largest absolute Gasteiger partial charge is 0.390 e. The maximum absolute atomic E-state index is 13.4. The molecular weight excluding hydrogens is 404 g/mol. The molecule has 0 radical (unpaired) electrons. The molecule has 0 N–H and O–H groups in total. The molecule has 31 heavy (non-hydrogen) atoms. The van der Waals surface area contributed by atoms with Gasteiger partial charge in [-0.3, -0.25) is 4.79 Å². The van der Waals surface area contributed by atoms with Crippen LogP contribution in [0.1, 0.15) is 60.8 Å². The van der Waals surface area contributed by atoms with Gasteiger partial charge in [-0.05, 0) is 62.4 Å². The fourth-order valence-electron chi connectivity index (χ4n) is 7.78. The third-order valence-electron chi connectivity index (χ3n) is 10.5. The predicted octanol–water partition coefficient (Wildman–Crippen LogP) is 5.65. The fraction of sp³-hybridized carbons (Fsp3) is 0.808. The fourth-order valence-corrected chi connectivity index (χ4v) is 9.23. The zero-order chi connectivity index (χ0) is 22.8. The highest BCUT2D eigenvalue weighted by atomic mass is 28.4. The molecular formula is C26H40O4Si. The van der Waals surface area contributed by atoms with Crippen LogP contribution in [0.3, 0.4) is 0 Å². The van der Waals surface area contributed by atoms with Crippen molar-refractivity contribution in [2.24, 2.45) is 29.1 Å². The van der Waals surface area contributed by atoms with E-state index < -0.39 is 19.7 Å². The van der Waals surface area contributed by atoms with E-state index in [-0.39, 0.29) is 40.1 Å². The molecule has 6 rings (SSSR count). The second-order valence-electron chi connectivity index (χ2n) is 12.7. The van der Waals surface area contributed by atoms with Crippen LogP contribution < -0.4 is 0 Å². The van der Waals surface area contributed by atoms with Crippen LogP contribution in [0.5, 0.6) is 0 Å². The lowest BCUT2D eigenvalue weighted by Gasteiger charge is -2.68. The van der Waals surface area contributed by atoms with E-state index in [0.717, 1.165) is 18.4 Å². The number of carbonyl (C=O) groups excluding carboxylic acids is 1. The van der Waals surface area contributed by atoms with Crippen LogP contribution in [-0.4, -0.2) is 38.7 Å². The van der Waals surface area contributed by atoms with E-state index in [1.807, 2.05) is 13.2 Å². The Morgan fingerprint density at radius 1 is 1.16 bits per heavy atom. The van der Waals surface area contributed by atoms with Crippen molar-refractivity contribution in [1.82, 2.24) is 0 Å². The van der Waals surface area contributed by atoms with E-state index >= 15 is 0 Å². The molecule has 0 amide bonds. The number of allylic oxidation sites excluding steroid dienone is 1. The summed E-state index contributed by atoms with van der Waals surface area (Å²) in [5.41, 5.74) is 1.97. The van der Waals surface area contributed by atoms with Crippen LogP contribution in [0.15, 0.2) is 23.3 Å². The number of ether oxygens (including phenoxy) is 2. The van der Waals surface area contributed by atoms with E-state index in [1.54, 1.807) is 0 Å². The van der Waals surface area contributed by atoms with Crippen molar-refractivity contribution in [3.63, 3.8) is 0 Å². The molecule has 5 bridgehead atoms. The second-order valence-corrected chi connectivity index (χ2v) is 17.4. The summed E-state index contributed by atoms with van der Waals surface area (Å²) in [6, 6.07) is 0. The maximum Gasteiger partial charge on any atom is 0.195 e. The predicted molar refractivity (Wildman–Crippen MR) is 124 cm³/mol. The van der Waals surface area contributed by atoms with Crippen LogP contribution in [-0.2, 0) is 18.7 Å². The number of ketones is 1. The van der Waals surface area contributed by atoms with E-state index in [2.05, 4.69) is 60.7 Å². The summed E-state index contributed by atoms with van der Waals surface area (Å²) in [7, 11) is -0.298. The SMILES string of the molecule is CO[C@H]1C[C@H]2[C@@H]3C4[C@@H]5C[C@@]2(O[Si](C)(C)C(C)(C)C)O[C@@]4(CC=C(C)[C@]13C)C(C)=CC5=O. The van der Waals surface area contributed by atoms with Crippen molar-refractivity contribution in [2.75, 3.05) is 7.11 Å². The van der Waals surface area contributed by atoms with Crippen molar-refractivity contribution >= 4 is 14.1 Å². The van der Waals surface area contributed by atoms with Crippen LogP contribution in [0.2, 0.25) is 18.1 Å². The summed E-state index contributed by atoms with van der Waals surface area (Å²) >= 11 is 0. The van der Waals surface area contributed by atoms with Gasteiger partial charge in [-0.1, -0.05) is 39.3 Å². The number of rotatable bonds is 3. The first kappa shape index (κ1) is 22.1. The van der Waals surface area contributed by atoms with Gasteiger partial charge in [0.25, 0.3) is 0 Å². The minimum atomic E-state index is -2.15. The van der Waals surface area contributed by atoms with Crippen LogP contribution in [0, 0.1) is 29.1 Å². The number of methoxy groups -OCH3 is 1. The topological polar surface area (TPSA) is 44.8 Å². The molecule has 2 heterocycles. The monoisotopic (exact) mass is 444 g/mol. The van der Waals surface area contributed by atoms with Gasteiger partial charge in [0, 0.05) is 36.7 Å². The number of hydrogen-bond donors (Lipinski definition) is 0. The first-order valence-electron chi connectivity index (χ1n) is 12.1. The Morgan fingerprint density at radius 3 is 2.45 bits per heavy atom. The normalized spacial score (nSPS) is 48.4. The van der Waals surface area contributed by atoms with Gasteiger partial charge in [-0.15, -0.1) is 0 Å². The molecule has 0 aromatic rings. The van der Waals surface area contributed by atoms with Gasteiger partial charge >= 0.3 is 0 Å². The van der Waals surface area contributed by atoms with Crippen molar-refractivity contribution < 1.29 is 18.7 Å². The molecule has 2 aliphatic heterocycles. The summed E-state index contributed by atoms with van der Waals surface area (Å²) in [6.07, 6.45) is 6.85. The average molecular weight is 445 g/mol. The first-order chi connectivity index (χ1) is 14.2. The van der Waals surface area contributed by atoms with E-state index in [9.17, 15) is 4.79 Å². The summed E-state index contributed by atoms with van der Waals surface area (Å²) in [4.78, 5) is 13.4. The summed E-state index contributed by atoms with van der Waals surface area (Å²) in [5, 5.41) is 0.0724. The molecule has 2 saturated heterocycles. The highest BCUT2D eigenvalue weighted by molar-refractivity contribution is 6.74. The Balaban J connectivity index is 1.75. The van der Waals surface area contributed by atoms with Gasteiger partial charge < -0.3 is 13.9 Å². The zero-order valence-corrected chi connectivity index (χ0v) is 21.8. The summed E-state index contributed by atoms with van der Waals surface area (Å²) in [5.74, 6) is 0.361. The Hall–Kier alpha value is -0.753. The second kappa shape index (κ2) is 6.22. The standard InChI is InChI=1S/C26H40O4Si/c1-15-10-11-25-16(2)12-19(27)17-14-26(29-25,30-31(8,9)23(3,4)5)18-13-20(28-7)24(15,6)22(18)21(17)25/h10,12,17-18,20-22H,11,13-14H2,1-9H3/t17-,18+,20+,21?,22-,24-,25+,26+/m1/s1. The van der Waals surface area contributed by atoms with Gasteiger partial charge in [-0.25, -0.2) is 0 Å². The number of carbonyl (C=O) groups is 1. The van der Waals surface area contributed by atoms with Crippen LogP contribution >= 0.6 is 0 Å². The molecule has 0 aromatic heterocycles. The third kappa shape index (κ3) is 2.50. The third-order valence-corrected chi connectivity index (χ3v) is 15.0. The molecule has 4 nitrogen and oxygen atoms in total. The van der Waals surface area contributed by atoms with Crippen molar-refractivity contribution in [3.05, 3.63) is 23.3 Å². The minimum absolute atomic E-state index is 0.0160. The van der Waals surface area contributed by atoms with Crippen molar-refractivity contribution in [2.45, 2.75) is 96.4 Å². The Kier molecular flexibility index (Phi) is 4.43.